The fraction of sp³-hybridized carbons (Fsp3) is 0.375. The van der Waals surface area contributed by atoms with Gasteiger partial charge < -0.3 is 20.1 Å². The van der Waals surface area contributed by atoms with Crippen LogP contribution in [0.1, 0.15) is 12.5 Å². The average molecular weight is 383 g/mol. The van der Waals surface area contributed by atoms with Crippen molar-refractivity contribution in [1.82, 2.24) is 4.90 Å². The van der Waals surface area contributed by atoms with Gasteiger partial charge in [-0.2, -0.15) is 0 Å². The van der Waals surface area contributed by atoms with Crippen LogP contribution in [-0.4, -0.2) is 48.7 Å². The molecule has 6 nitrogen and oxygen atoms in total. The minimum atomic E-state index is -0.553. The van der Waals surface area contributed by atoms with E-state index in [1.54, 1.807) is 0 Å². The smallest absolute Gasteiger partial charge is 0.337 e. The third kappa shape index (κ3) is 3.73. The molecule has 0 saturated heterocycles. The number of anilines is 1. The summed E-state index contributed by atoms with van der Waals surface area (Å²) in [5, 5.41) is 12.1. The van der Waals surface area contributed by atoms with Crippen molar-refractivity contribution in [3.63, 3.8) is 0 Å². The van der Waals surface area contributed by atoms with Crippen molar-refractivity contribution in [2.45, 2.75) is 13.3 Å². The number of hydrogen-bond acceptors (Lipinski definition) is 5. The summed E-state index contributed by atoms with van der Waals surface area (Å²) in [5.41, 5.74) is 2.30. The second-order valence-electron chi connectivity index (χ2n) is 5.09. The molecule has 0 aliphatic carbocycles. The van der Waals surface area contributed by atoms with E-state index in [-0.39, 0.29) is 36.9 Å². The number of methoxy groups -OCH3 is 1. The number of esters is 1. The Kier molecular flexibility index (Phi) is 5.79. The SMILES string of the molecule is CCc1ccc(NC2=C(C(=O)OC)CN(CCO)C2=O)c(Br)c1. The van der Waals surface area contributed by atoms with E-state index < -0.39 is 5.97 Å². The molecule has 1 aromatic rings. The number of benzene rings is 1. The topological polar surface area (TPSA) is 78.9 Å². The molecule has 0 fully saturated rings. The summed E-state index contributed by atoms with van der Waals surface area (Å²) in [5.74, 6) is -0.881. The lowest BCUT2D eigenvalue weighted by Crippen LogP contribution is -2.31. The number of halogens is 1. The Morgan fingerprint density at radius 3 is 2.78 bits per heavy atom. The van der Waals surface area contributed by atoms with Crippen LogP contribution in [0.5, 0.6) is 0 Å². The minimum absolute atomic E-state index is 0.124. The van der Waals surface area contributed by atoms with Crippen LogP contribution in [0.2, 0.25) is 0 Å². The third-order valence-corrected chi connectivity index (χ3v) is 4.31. The Labute approximate surface area is 143 Å². The fourth-order valence-electron chi connectivity index (χ4n) is 2.36. The van der Waals surface area contributed by atoms with Crippen LogP contribution in [0.15, 0.2) is 33.9 Å². The number of aliphatic hydroxyl groups is 1. The van der Waals surface area contributed by atoms with Gasteiger partial charge in [-0.1, -0.05) is 13.0 Å². The zero-order valence-corrected chi connectivity index (χ0v) is 14.6. The molecule has 1 aromatic carbocycles. The molecule has 2 rings (SSSR count). The first-order valence-electron chi connectivity index (χ1n) is 7.28. The van der Waals surface area contributed by atoms with Gasteiger partial charge in [0.2, 0.25) is 0 Å². The summed E-state index contributed by atoms with van der Waals surface area (Å²) in [6.07, 6.45) is 0.901. The minimum Gasteiger partial charge on any atom is -0.466 e. The monoisotopic (exact) mass is 382 g/mol. The van der Waals surface area contributed by atoms with E-state index in [9.17, 15) is 9.59 Å². The van der Waals surface area contributed by atoms with E-state index in [0.717, 1.165) is 16.5 Å². The number of β-amino-alcohol motifs (C(OH)–C–C–N with tert-alkyl or cyclic N) is 1. The summed E-state index contributed by atoms with van der Waals surface area (Å²) in [6.45, 7) is 2.18. The van der Waals surface area contributed by atoms with Gasteiger partial charge in [-0.3, -0.25) is 4.79 Å². The van der Waals surface area contributed by atoms with Gasteiger partial charge in [0.15, 0.2) is 0 Å². The number of nitrogens with zero attached hydrogens (tertiary/aromatic N) is 1. The van der Waals surface area contributed by atoms with Crippen molar-refractivity contribution in [3.8, 4) is 0 Å². The molecular formula is C16H19BrN2O4. The number of aryl methyl sites for hydroxylation is 1. The van der Waals surface area contributed by atoms with Gasteiger partial charge in [0.1, 0.15) is 5.70 Å². The molecule has 2 N–H and O–H groups in total. The first kappa shape index (κ1) is 17.5. The normalized spacial score (nSPS) is 14.4. The molecule has 0 spiro atoms. The zero-order chi connectivity index (χ0) is 17.0. The highest BCUT2D eigenvalue weighted by atomic mass is 79.9. The lowest BCUT2D eigenvalue weighted by atomic mass is 10.1. The second kappa shape index (κ2) is 7.61. The lowest BCUT2D eigenvalue weighted by molar-refractivity contribution is -0.136. The van der Waals surface area contributed by atoms with Gasteiger partial charge in [-0.25, -0.2) is 4.79 Å². The van der Waals surface area contributed by atoms with Crippen molar-refractivity contribution >= 4 is 33.5 Å². The van der Waals surface area contributed by atoms with Gasteiger partial charge in [0.25, 0.3) is 5.91 Å². The molecule has 1 amide bonds. The predicted molar refractivity (Wildman–Crippen MR) is 89.9 cm³/mol. The summed E-state index contributed by atoms with van der Waals surface area (Å²) in [4.78, 5) is 25.8. The molecule has 1 aliphatic heterocycles. The highest BCUT2D eigenvalue weighted by molar-refractivity contribution is 9.10. The largest absolute Gasteiger partial charge is 0.466 e. The van der Waals surface area contributed by atoms with E-state index in [2.05, 4.69) is 28.2 Å². The summed E-state index contributed by atoms with van der Waals surface area (Å²) >= 11 is 3.47. The van der Waals surface area contributed by atoms with Crippen molar-refractivity contribution in [2.24, 2.45) is 0 Å². The van der Waals surface area contributed by atoms with Crippen molar-refractivity contribution in [2.75, 3.05) is 32.1 Å². The quantitative estimate of drug-likeness (QED) is 0.731. The molecule has 7 heteroatoms. The third-order valence-electron chi connectivity index (χ3n) is 3.65. The Morgan fingerprint density at radius 1 is 1.48 bits per heavy atom. The van der Waals surface area contributed by atoms with Crippen LogP contribution in [0.3, 0.4) is 0 Å². The van der Waals surface area contributed by atoms with Crippen LogP contribution in [-0.2, 0) is 20.7 Å². The standard InChI is InChI=1S/C16H19BrN2O4/c1-3-10-4-5-13(12(17)8-10)18-14-11(16(22)23-2)9-19(6-7-20)15(14)21/h4-5,8,18,20H,3,6-7,9H2,1-2H3. The molecule has 0 bridgehead atoms. The van der Waals surface area contributed by atoms with E-state index in [1.807, 2.05) is 18.2 Å². The van der Waals surface area contributed by atoms with Crippen LogP contribution in [0.25, 0.3) is 0 Å². The van der Waals surface area contributed by atoms with Gasteiger partial charge in [0.05, 0.1) is 31.5 Å². The van der Waals surface area contributed by atoms with Gasteiger partial charge in [-0.05, 0) is 40.0 Å². The number of carbonyl (C=O) groups is 2. The van der Waals surface area contributed by atoms with Crippen LogP contribution in [0, 0.1) is 0 Å². The number of carbonyl (C=O) groups excluding carboxylic acids is 2. The molecule has 124 valence electrons. The number of rotatable bonds is 6. The van der Waals surface area contributed by atoms with Gasteiger partial charge >= 0.3 is 5.97 Å². The molecule has 1 aliphatic rings. The van der Waals surface area contributed by atoms with E-state index in [4.69, 9.17) is 9.84 Å². The Balaban J connectivity index is 2.33. The Morgan fingerprint density at radius 2 is 2.22 bits per heavy atom. The lowest BCUT2D eigenvalue weighted by Gasteiger charge is -2.15. The highest BCUT2D eigenvalue weighted by Gasteiger charge is 2.34. The van der Waals surface area contributed by atoms with E-state index in [1.165, 1.54) is 12.0 Å². The van der Waals surface area contributed by atoms with Crippen molar-refractivity contribution in [1.29, 1.82) is 0 Å². The number of ether oxygens (including phenoxy) is 1. The first-order chi connectivity index (χ1) is 11.0. The zero-order valence-electron chi connectivity index (χ0n) is 13.1. The maximum absolute atomic E-state index is 12.4. The average Bonchev–Trinajstić information content (AvgIpc) is 2.85. The molecular weight excluding hydrogens is 364 g/mol. The summed E-state index contributed by atoms with van der Waals surface area (Å²) in [7, 11) is 1.28. The molecule has 0 radical (unpaired) electrons. The summed E-state index contributed by atoms with van der Waals surface area (Å²) in [6, 6.07) is 5.77. The number of amides is 1. The molecule has 0 aromatic heterocycles. The molecule has 0 saturated carbocycles. The molecule has 1 heterocycles. The predicted octanol–water partition coefficient (Wildman–Crippen LogP) is 1.68. The first-order valence-corrected chi connectivity index (χ1v) is 8.08. The van der Waals surface area contributed by atoms with Crippen molar-refractivity contribution < 1.29 is 19.4 Å². The van der Waals surface area contributed by atoms with Crippen LogP contribution in [0.4, 0.5) is 5.69 Å². The number of nitrogens with one attached hydrogen (secondary N) is 1. The fourth-order valence-corrected chi connectivity index (χ4v) is 2.89. The molecule has 0 unspecified atom stereocenters. The van der Waals surface area contributed by atoms with E-state index in [0.29, 0.717) is 5.69 Å². The number of aliphatic hydroxyl groups excluding tert-OH is 1. The molecule has 23 heavy (non-hydrogen) atoms. The number of hydrogen-bond donors (Lipinski definition) is 2. The Bertz CT molecular complexity index is 657. The van der Waals surface area contributed by atoms with Crippen LogP contribution < -0.4 is 5.32 Å². The van der Waals surface area contributed by atoms with Crippen molar-refractivity contribution in [3.05, 3.63) is 39.5 Å². The Hall–Kier alpha value is -1.86. The van der Waals surface area contributed by atoms with E-state index >= 15 is 0 Å². The van der Waals surface area contributed by atoms with Crippen LogP contribution >= 0.6 is 15.9 Å². The summed E-state index contributed by atoms with van der Waals surface area (Å²) < 4.78 is 5.56. The second-order valence-corrected chi connectivity index (χ2v) is 5.94. The highest BCUT2D eigenvalue weighted by Crippen LogP contribution is 2.28. The maximum Gasteiger partial charge on any atom is 0.337 e. The molecule has 0 atom stereocenters. The maximum atomic E-state index is 12.4. The van der Waals surface area contributed by atoms with Gasteiger partial charge in [-0.15, -0.1) is 0 Å². The van der Waals surface area contributed by atoms with Gasteiger partial charge in [0, 0.05) is 11.0 Å².